The maximum Gasteiger partial charge on any atom is 0.262 e. The highest BCUT2D eigenvalue weighted by Crippen LogP contribution is 2.41. The number of fused-ring (bicyclic) bond motifs is 3. The van der Waals surface area contributed by atoms with Gasteiger partial charge in [0.1, 0.15) is 4.83 Å². The van der Waals surface area contributed by atoms with Crippen LogP contribution in [0, 0.1) is 11.3 Å². The van der Waals surface area contributed by atoms with Gasteiger partial charge in [0, 0.05) is 24.4 Å². The molecule has 3 rings (SSSR count). The fraction of sp³-hybridized carbons (Fsp3) is 0.708. The average Bonchev–Trinajstić information content (AvgIpc) is 3.11. The van der Waals surface area contributed by atoms with Crippen LogP contribution in [0.15, 0.2) is 11.1 Å². The molecule has 0 fully saturated rings. The van der Waals surface area contributed by atoms with E-state index in [0.29, 0.717) is 25.4 Å². The second kappa shape index (κ2) is 10.3. The SMILES string of the molecule is CCN(CC)CCCNC(=O)CCn1cnc2sc3c(c2c1=O)CCC(C(C)(C)C)C3. The van der Waals surface area contributed by atoms with Gasteiger partial charge in [-0.2, -0.15) is 0 Å². The molecule has 6 nitrogen and oxygen atoms in total. The predicted molar refractivity (Wildman–Crippen MR) is 129 cm³/mol. The molecule has 2 aromatic rings. The Hall–Kier alpha value is -1.73. The first-order valence-electron chi connectivity index (χ1n) is 11.7. The molecule has 1 aliphatic rings. The van der Waals surface area contributed by atoms with E-state index in [1.54, 1.807) is 22.2 Å². The summed E-state index contributed by atoms with van der Waals surface area (Å²) in [5, 5.41) is 3.76. The minimum Gasteiger partial charge on any atom is -0.356 e. The lowest BCUT2D eigenvalue weighted by Crippen LogP contribution is -2.31. The van der Waals surface area contributed by atoms with Crippen LogP contribution in [0.1, 0.15) is 64.3 Å². The van der Waals surface area contributed by atoms with Crippen LogP contribution >= 0.6 is 11.3 Å². The third-order valence-electron chi connectivity index (χ3n) is 6.71. The van der Waals surface area contributed by atoms with Crippen molar-refractivity contribution in [1.82, 2.24) is 19.8 Å². The molecule has 2 heterocycles. The normalized spacial score (nSPS) is 16.6. The van der Waals surface area contributed by atoms with E-state index >= 15 is 0 Å². The summed E-state index contributed by atoms with van der Waals surface area (Å²) in [6, 6.07) is 0. The highest BCUT2D eigenvalue weighted by molar-refractivity contribution is 7.18. The number of thiophene rings is 1. The second-order valence-corrected chi connectivity index (χ2v) is 10.8. The molecule has 1 unspecified atom stereocenters. The Bertz CT molecular complexity index is 953. The monoisotopic (exact) mass is 446 g/mol. The van der Waals surface area contributed by atoms with E-state index in [2.05, 4.69) is 49.8 Å². The van der Waals surface area contributed by atoms with Gasteiger partial charge in [0.25, 0.3) is 5.56 Å². The zero-order valence-electron chi connectivity index (χ0n) is 19.8. The lowest BCUT2D eigenvalue weighted by atomic mass is 9.72. The van der Waals surface area contributed by atoms with Crippen LogP contribution in [0.5, 0.6) is 0 Å². The number of nitrogens with zero attached hydrogens (tertiary/aromatic N) is 3. The number of carbonyl (C=O) groups is 1. The Balaban J connectivity index is 1.61. The molecule has 0 radical (unpaired) electrons. The zero-order valence-corrected chi connectivity index (χ0v) is 20.6. The molecule has 31 heavy (non-hydrogen) atoms. The third kappa shape index (κ3) is 5.75. The lowest BCUT2D eigenvalue weighted by Gasteiger charge is -2.33. The maximum absolute atomic E-state index is 13.1. The molecular weight excluding hydrogens is 408 g/mol. The maximum atomic E-state index is 13.1. The minimum atomic E-state index is -0.00749. The van der Waals surface area contributed by atoms with Gasteiger partial charge in [0.15, 0.2) is 0 Å². The molecule has 1 atom stereocenters. The highest BCUT2D eigenvalue weighted by Gasteiger charge is 2.31. The number of aryl methyl sites for hydroxylation is 2. The standard InChI is InChI=1S/C24H38N4O2S/c1-6-27(7-2)13-8-12-25-20(29)11-14-28-16-26-22-21(23(28)30)18-10-9-17(24(3,4)5)15-19(18)31-22/h16-17H,6-15H2,1-5H3,(H,25,29). The van der Waals surface area contributed by atoms with Crippen molar-refractivity contribution in [3.8, 4) is 0 Å². The van der Waals surface area contributed by atoms with Crippen molar-refractivity contribution >= 4 is 27.5 Å². The Morgan fingerprint density at radius 3 is 2.74 bits per heavy atom. The smallest absolute Gasteiger partial charge is 0.262 e. The number of hydrogen-bond acceptors (Lipinski definition) is 5. The van der Waals surface area contributed by atoms with Gasteiger partial charge in [-0.1, -0.05) is 34.6 Å². The summed E-state index contributed by atoms with van der Waals surface area (Å²) in [6.07, 6.45) is 5.96. The van der Waals surface area contributed by atoms with Crippen molar-refractivity contribution in [1.29, 1.82) is 0 Å². The fourth-order valence-electron chi connectivity index (χ4n) is 4.48. The largest absolute Gasteiger partial charge is 0.356 e. The number of nitrogens with one attached hydrogen (secondary N) is 1. The van der Waals surface area contributed by atoms with Crippen LogP contribution in [0.4, 0.5) is 0 Å². The van der Waals surface area contributed by atoms with Crippen molar-refractivity contribution in [2.24, 2.45) is 11.3 Å². The van der Waals surface area contributed by atoms with Crippen LogP contribution in [0.3, 0.4) is 0 Å². The van der Waals surface area contributed by atoms with Gasteiger partial charge in [-0.15, -0.1) is 11.3 Å². The van der Waals surface area contributed by atoms with Crippen LogP contribution in [0.2, 0.25) is 0 Å². The van der Waals surface area contributed by atoms with Crippen molar-refractivity contribution in [2.45, 2.75) is 73.3 Å². The molecule has 0 saturated heterocycles. The molecule has 2 aromatic heterocycles. The third-order valence-corrected chi connectivity index (χ3v) is 7.87. The lowest BCUT2D eigenvalue weighted by molar-refractivity contribution is -0.121. The van der Waals surface area contributed by atoms with Crippen LogP contribution in [-0.2, 0) is 24.2 Å². The van der Waals surface area contributed by atoms with Gasteiger partial charge in [-0.25, -0.2) is 4.98 Å². The predicted octanol–water partition coefficient (Wildman–Crippen LogP) is 3.85. The quantitative estimate of drug-likeness (QED) is 0.594. The molecule has 0 saturated carbocycles. The van der Waals surface area contributed by atoms with Crippen LogP contribution in [-0.4, -0.2) is 46.5 Å². The Kier molecular flexibility index (Phi) is 7.92. The van der Waals surface area contributed by atoms with E-state index in [4.69, 9.17) is 0 Å². The summed E-state index contributed by atoms with van der Waals surface area (Å²) in [7, 11) is 0. The van der Waals surface area contributed by atoms with Crippen molar-refractivity contribution in [2.75, 3.05) is 26.2 Å². The van der Waals surface area contributed by atoms with Crippen LogP contribution in [0.25, 0.3) is 10.2 Å². The molecule has 1 amide bonds. The van der Waals surface area contributed by atoms with E-state index in [1.165, 1.54) is 10.4 Å². The van der Waals surface area contributed by atoms with E-state index in [1.807, 2.05) is 0 Å². The average molecular weight is 447 g/mol. The fourth-order valence-corrected chi connectivity index (χ4v) is 5.74. The molecule has 7 heteroatoms. The van der Waals surface area contributed by atoms with Gasteiger partial charge in [-0.05, 0) is 62.2 Å². The van der Waals surface area contributed by atoms with Crippen LogP contribution < -0.4 is 10.9 Å². The number of hydrogen-bond donors (Lipinski definition) is 1. The highest BCUT2D eigenvalue weighted by atomic mass is 32.1. The zero-order chi connectivity index (χ0) is 22.6. The first-order valence-corrected chi connectivity index (χ1v) is 12.5. The molecule has 1 N–H and O–H groups in total. The minimum absolute atomic E-state index is 0.00559. The Morgan fingerprint density at radius 1 is 1.32 bits per heavy atom. The van der Waals surface area contributed by atoms with Gasteiger partial charge in [0.2, 0.25) is 5.91 Å². The first kappa shape index (κ1) is 23.9. The van der Waals surface area contributed by atoms with Gasteiger partial charge in [0.05, 0.1) is 11.7 Å². The first-order chi connectivity index (χ1) is 14.7. The summed E-state index contributed by atoms with van der Waals surface area (Å²) in [5.74, 6) is 0.632. The summed E-state index contributed by atoms with van der Waals surface area (Å²) in [5.41, 5.74) is 1.49. The summed E-state index contributed by atoms with van der Waals surface area (Å²) in [4.78, 5) is 34.5. The molecule has 0 bridgehead atoms. The number of aromatic nitrogens is 2. The molecule has 0 aliphatic heterocycles. The molecular formula is C24H38N4O2S. The van der Waals surface area contributed by atoms with E-state index in [-0.39, 0.29) is 16.9 Å². The van der Waals surface area contributed by atoms with Crippen molar-refractivity contribution in [3.05, 3.63) is 27.1 Å². The molecule has 0 spiro atoms. The summed E-state index contributed by atoms with van der Waals surface area (Å²) >= 11 is 1.68. The van der Waals surface area contributed by atoms with Gasteiger partial charge < -0.3 is 10.2 Å². The number of amides is 1. The van der Waals surface area contributed by atoms with Crippen molar-refractivity contribution in [3.63, 3.8) is 0 Å². The van der Waals surface area contributed by atoms with E-state index in [9.17, 15) is 9.59 Å². The van der Waals surface area contributed by atoms with E-state index < -0.39 is 0 Å². The van der Waals surface area contributed by atoms with Crippen molar-refractivity contribution < 1.29 is 4.79 Å². The summed E-state index contributed by atoms with van der Waals surface area (Å²) in [6.45, 7) is 15.3. The molecule has 0 aromatic carbocycles. The number of rotatable bonds is 9. The Labute approximate surface area is 190 Å². The van der Waals surface area contributed by atoms with Gasteiger partial charge >= 0.3 is 0 Å². The molecule has 172 valence electrons. The van der Waals surface area contributed by atoms with E-state index in [0.717, 1.165) is 55.5 Å². The summed E-state index contributed by atoms with van der Waals surface area (Å²) < 4.78 is 1.61. The molecule has 1 aliphatic carbocycles. The number of carbonyl (C=O) groups excluding carboxylic acids is 1. The Morgan fingerprint density at radius 2 is 2.06 bits per heavy atom. The second-order valence-electron chi connectivity index (χ2n) is 9.71. The topological polar surface area (TPSA) is 67.2 Å². The van der Waals surface area contributed by atoms with Gasteiger partial charge in [-0.3, -0.25) is 14.2 Å².